The molecule has 0 bridgehead atoms. The van der Waals surface area contributed by atoms with E-state index in [-0.39, 0.29) is 35.3 Å². The van der Waals surface area contributed by atoms with Crippen molar-refractivity contribution in [2.75, 3.05) is 82.9 Å². The molecule has 2 saturated heterocycles. The van der Waals surface area contributed by atoms with E-state index in [0.717, 1.165) is 86.3 Å². The van der Waals surface area contributed by atoms with Gasteiger partial charge in [0.05, 0.1) is 18.0 Å². The smallest absolute Gasteiger partial charge is 0.870 e. The molecule has 0 spiro atoms. The summed E-state index contributed by atoms with van der Waals surface area (Å²) in [6.45, 7) is 14.6. The third-order valence-corrected chi connectivity index (χ3v) is 11.0. The maximum absolute atomic E-state index is 11.9. The number of benzene rings is 2. The largest absolute Gasteiger partial charge is 1.00 e. The fraction of sp³-hybridized carbons (Fsp3) is 0.444. The van der Waals surface area contributed by atoms with Crippen LogP contribution in [0, 0.1) is 13.8 Å². The Hall–Kier alpha value is -3.28. The molecule has 2 aliphatic heterocycles. The second kappa shape index (κ2) is 19.4. The van der Waals surface area contributed by atoms with E-state index in [1.807, 2.05) is 20.8 Å². The van der Waals surface area contributed by atoms with Gasteiger partial charge >= 0.3 is 30.8 Å². The van der Waals surface area contributed by atoms with Crippen molar-refractivity contribution in [2.45, 2.75) is 33.6 Å². The quantitative estimate of drug-likeness (QED) is 0.202. The first-order chi connectivity index (χ1) is 23.1. The Kier molecular flexibility index (Phi) is 15.9. The number of ether oxygens (including phenoxy) is 1. The normalized spacial score (nSPS) is 15.0. The van der Waals surface area contributed by atoms with Gasteiger partial charge in [-0.2, -0.15) is 0 Å². The Balaban J connectivity index is 0.000000261. The summed E-state index contributed by atoms with van der Waals surface area (Å²) in [6, 6.07) is 17.2. The first-order valence-electron chi connectivity index (χ1n) is 16.5. The third-order valence-electron chi connectivity index (χ3n) is 8.71. The summed E-state index contributed by atoms with van der Waals surface area (Å²) in [6.07, 6.45) is 1.53. The second-order valence-corrected chi connectivity index (χ2v) is 14.5. The third kappa shape index (κ3) is 11.1. The SMILES string of the molecule is CCOC(=O)c1nc(C)c(Cc2cccc(N3CCN(C)CC3)c2)s1.Cc1nc(C(=O)O)sc1Cc1cccc(N2CCN(C)CC2)c1.[Li+].[OH-]. The van der Waals surface area contributed by atoms with E-state index in [9.17, 15) is 9.59 Å². The number of thiazole rings is 2. The molecule has 50 heavy (non-hydrogen) atoms. The summed E-state index contributed by atoms with van der Waals surface area (Å²) in [5.41, 5.74) is 6.70. The standard InChI is InChI=1S/C19H25N3O2S.C17H21N3O2S.Li.H2O/c1-4-24-19(23)18-20-14(2)17(25-18)13-15-6-5-7-16(12-15)22-10-8-21(3)9-11-22;1-12-15(23-16(18-12)17(21)22)11-13-4-3-5-14(10-13)20-8-6-19(2)7-9-20;;/h5-7,12H,4,8-11,13H2,1-3H3;3-5,10H,6-9,11H2,1-2H3,(H,21,22);;1H2/q;;+1;/p-1. The van der Waals surface area contributed by atoms with Gasteiger partial charge in [0, 0.05) is 86.3 Å². The van der Waals surface area contributed by atoms with Crippen LogP contribution in [-0.4, -0.2) is 115 Å². The summed E-state index contributed by atoms with van der Waals surface area (Å²) in [5, 5.41) is 9.68. The Morgan fingerprint density at radius 1 is 0.740 bits per heavy atom. The number of hydrogen-bond acceptors (Lipinski definition) is 12. The van der Waals surface area contributed by atoms with Crippen molar-refractivity contribution in [1.29, 1.82) is 0 Å². The molecule has 0 aliphatic carbocycles. The van der Waals surface area contributed by atoms with Gasteiger partial charge in [0.25, 0.3) is 0 Å². The van der Waals surface area contributed by atoms with Gasteiger partial charge < -0.3 is 34.9 Å². The predicted molar refractivity (Wildman–Crippen MR) is 196 cm³/mol. The van der Waals surface area contributed by atoms with Crippen LogP contribution in [0.5, 0.6) is 0 Å². The van der Waals surface area contributed by atoms with Crippen LogP contribution in [0.4, 0.5) is 11.4 Å². The van der Waals surface area contributed by atoms with E-state index in [1.165, 1.54) is 45.2 Å². The number of likely N-dealkylation sites (N-methyl/N-ethyl adjacent to an activating group) is 2. The van der Waals surface area contributed by atoms with E-state index in [1.54, 1.807) is 0 Å². The summed E-state index contributed by atoms with van der Waals surface area (Å²) in [7, 11) is 4.32. The molecule has 4 aromatic rings. The average Bonchev–Trinajstić information content (AvgIpc) is 3.64. The Morgan fingerprint density at radius 3 is 1.56 bits per heavy atom. The van der Waals surface area contributed by atoms with Crippen molar-refractivity contribution in [2.24, 2.45) is 0 Å². The first-order valence-corrected chi connectivity index (χ1v) is 18.1. The molecule has 6 rings (SSSR count). The average molecular weight is 715 g/mol. The van der Waals surface area contributed by atoms with E-state index >= 15 is 0 Å². The van der Waals surface area contributed by atoms with Gasteiger partial charge in [0.1, 0.15) is 0 Å². The predicted octanol–water partition coefficient (Wildman–Crippen LogP) is 2.29. The van der Waals surface area contributed by atoms with E-state index in [4.69, 9.17) is 9.84 Å². The fourth-order valence-corrected chi connectivity index (χ4v) is 7.71. The van der Waals surface area contributed by atoms with Gasteiger partial charge in [-0.05, 0) is 70.3 Å². The topological polar surface area (TPSA) is 132 Å². The van der Waals surface area contributed by atoms with Gasteiger partial charge in [-0.3, -0.25) is 0 Å². The van der Waals surface area contributed by atoms with Crippen molar-refractivity contribution in [3.8, 4) is 0 Å². The zero-order chi connectivity index (χ0) is 34.2. The number of aryl methyl sites for hydroxylation is 2. The van der Waals surface area contributed by atoms with Gasteiger partial charge in [-0.15, -0.1) is 22.7 Å². The molecule has 264 valence electrons. The number of carboxylic acid groups (broad SMARTS) is 1. The summed E-state index contributed by atoms with van der Waals surface area (Å²) in [4.78, 5) is 43.1. The molecule has 0 amide bonds. The van der Waals surface area contributed by atoms with Crippen molar-refractivity contribution >= 4 is 46.0 Å². The van der Waals surface area contributed by atoms with Crippen molar-refractivity contribution < 1.29 is 43.8 Å². The molecule has 2 aromatic carbocycles. The number of carbonyl (C=O) groups excluding carboxylic acids is 1. The van der Waals surface area contributed by atoms with Crippen LogP contribution in [0.1, 0.15) is 58.8 Å². The number of aromatic nitrogens is 2. The number of esters is 1. The Labute approximate surface area is 315 Å². The minimum atomic E-state index is -0.949. The van der Waals surface area contributed by atoms with Crippen LogP contribution in [0.15, 0.2) is 48.5 Å². The molecule has 0 saturated carbocycles. The number of nitrogens with zero attached hydrogens (tertiary/aromatic N) is 6. The number of piperazine rings is 2. The number of hydrogen-bond donors (Lipinski definition) is 1. The molecule has 4 heterocycles. The second-order valence-electron chi connectivity index (χ2n) is 12.4. The molecule has 2 fully saturated rings. The number of carbonyl (C=O) groups is 2. The number of carboxylic acids is 1. The van der Waals surface area contributed by atoms with Gasteiger partial charge in [-0.1, -0.05) is 24.3 Å². The van der Waals surface area contributed by atoms with Crippen molar-refractivity contribution in [1.82, 2.24) is 19.8 Å². The molecule has 0 radical (unpaired) electrons. The monoisotopic (exact) mass is 714 g/mol. The van der Waals surface area contributed by atoms with Crippen LogP contribution in [0.2, 0.25) is 0 Å². The van der Waals surface area contributed by atoms with E-state index in [2.05, 4.69) is 92.2 Å². The molecule has 2 aliphatic rings. The van der Waals surface area contributed by atoms with Gasteiger partial charge in [-0.25, -0.2) is 19.6 Å². The van der Waals surface area contributed by atoms with Crippen molar-refractivity contribution in [3.63, 3.8) is 0 Å². The Morgan fingerprint density at radius 2 is 1.16 bits per heavy atom. The number of rotatable bonds is 9. The van der Waals surface area contributed by atoms with Crippen LogP contribution < -0.4 is 28.7 Å². The summed E-state index contributed by atoms with van der Waals surface area (Å²) < 4.78 is 5.05. The fourth-order valence-electron chi connectivity index (χ4n) is 5.78. The van der Waals surface area contributed by atoms with Crippen molar-refractivity contribution in [3.05, 3.63) is 90.8 Å². The van der Waals surface area contributed by atoms with Gasteiger partial charge in [0.15, 0.2) is 0 Å². The van der Waals surface area contributed by atoms with E-state index < -0.39 is 5.97 Å². The van der Waals surface area contributed by atoms with Crippen LogP contribution >= 0.6 is 22.7 Å². The molecule has 2 aromatic heterocycles. The van der Waals surface area contributed by atoms with Crippen LogP contribution in [0.3, 0.4) is 0 Å². The van der Waals surface area contributed by atoms with Crippen LogP contribution in [-0.2, 0) is 17.6 Å². The molecule has 0 unspecified atom stereocenters. The minimum absolute atomic E-state index is 0. The zero-order valence-corrected chi connectivity index (χ0v) is 31.6. The zero-order valence-electron chi connectivity index (χ0n) is 30.0. The summed E-state index contributed by atoms with van der Waals surface area (Å²) >= 11 is 2.71. The molecule has 14 heteroatoms. The number of anilines is 2. The summed E-state index contributed by atoms with van der Waals surface area (Å²) in [5.74, 6) is -1.27. The molecule has 0 atom stereocenters. The molecular weight excluding hydrogens is 668 g/mol. The number of aromatic carboxylic acids is 1. The molecule has 11 nitrogen and oxygen atoms in total. The molecular formula is C36H47LiN6O5S2. The molecule has 2 N–H and O–H groups in total. The van der Waals surface area contributed by atoms with Gasteiger partial charge in [0.2, 0.25) is 10.0 Å². The maximum atomic E-state index is 11.9. The first kappa shape index (κ1) is 41.1. The van der Waals surface area contributed by atoms with E-state index in [0.29, 0.717) is 11.6 Å². The Bertz CT molecular complexity index is 1700. The minimum Gasteiger partial charge on any atom is -0.870 e. The van der Waals surface area contributed by atoms with Crippen LogP contribution in [0.25, 0.3) is 0 Å². The maximum Gasteiger partial charge on any atom is 1.00 e.